The van der Waals surface area contributed by atoms with E-state index in [1.807, 2.05) is 0 Å². The minimum Gasteiger partial charge on any atom is -0.376 e. The molecule has 0 unspecified atom stereocenters. The summed E-state index contributed by atoms with van der Waals surface area (Å²) in [6, 6.07) is 5.11. The monoisotopic (exact) mass is 365 g/mol. The fraction of sp³-hybridized carbons (Fsp3) is 0.533. The summed E-state index contributed by atoms with van der Waals surface area (Å²) in [5.41, 5.74) is -4.93. The van der Waals surface area contributed by atoms with Crippen molar-refractivity contribution in [3.8, 4) is 5.75 Å². The minimum atomic E-state index is -5.70. The molecule has 1 N–H and O–H groups in total. The largest absolute Gasteiger partial charge is 0.534 e. The molecule has 24 heavy (non-hydrogen) atoms. The van der Waals surface area contributed by atoms with Gasteiger partial charge < -0.3 is 9.50 Å². The van der Waals surface area contributed by atoms with Crippen LogP contribution in [-0.4, -0.2) is 25.9 Å². The molecule has 0 aromatic heterocycles. The highest BCUT2D eigenvalue weighted by Crippen LogP contribution is 2.28. The van der Waals surface area contributed by atoms with Crippen molar-refractivity contribution < 1.29 is 30.6 Å². The number of hydrogen-bond acceptors (Lipinski definition) is 4. The smallest absolute Gasteiger partial charge is 0.376 e. The maximum absolute atomic E-state index is 12.3. The number of nitrogens with one attached hydrogen (secondary N) is 1. The Morgan fingerprint density at radius 2 is 1.75 bits per heavy atom. The van der Waals surface area contributed by atoms with Crippen LogP contribution in [0.25, 0.3) is 0 Å². The van der Waals surface area contributed by atoms with Crippen LogP contribution >= 0.6 is 0 Å². The van der Waals surface area contributed by atoms with Crippen molar-refractivity contribution in [2.24, 2.45) is 0 Å². The average molecular weight is 365 g/mol. The number of benzene rings is 1. The van der Waals surface area contributed by atoms with Crippen LogP contribution in [0.3, 0.4) is 0 Å². The van der Waals surface area contributed by atoms with Crippen LogP contribution in [0.2, 0.25) is 0 Å². The molecule has 1 aromatic rings. The SMILES string of the molecule is C[C@@H](C(=O)NC1CCCC1)c1ccc(OS(=O)(=O)C(F)(F)F)cc1. The van der Waals surface area contributed by atoms with E-state index in [2.05, 4.69) is 9.50 Å². The minimum absolute atomic E-state index is 0.166. The van der Waals surface area contributed by atoms with Gasteiger partial charge in [0.1, 0.15) is 5.75 Å². The summed E-state index contributed by atoms with van der Waals surface area (Å²) >= 11 is 0. The van der Waals surface area contributed by atoms with Crippen molar-refractivity contribution >= 4 is 16.0 Å². The molecule has 0 aliphatic heterocycles. The Kier molecular flexibility index (Phi) is 5.42. The van der Waals surface area contributed by atoms with Gasteiger partial charge in [-0.15, -0.1) is 0 Å². The topological polar surface area (TPSA) is 72.5 Å². The first-order valence-electron chi connectivity index (χ1n) is 7.51. The number of hydrogen-bond donors (Lipinski definition) is 1. The summed E-state index contributed by atoms with van der Waals surface area (Å²) in [5, 5.41) is 2.94. The van der Waals surface area contributed by atoms with E-state index in [1.54, 1.807) is 6.92 Å². The Morgan fingerprint density at radius 3 is 2.25 bits per heavy atom. The van der Waals surface area contributed by atoms with Gasteiger partial charge >= 0.3 is 15.6 Å². The van der Waals surface area contributed by atoms with Gasteiger partial charge in [0, 0.05) is 6.04 Å². The summed E-state index contributed by atoms with van der Waals surface area (Å²) in [5.74, 6) is -1.13. The molecule has 1 saturated carbocycles. The predicted octanol–water partition coefficient (Wildman–Crippen LogP) is 3.08. The maximum atomic E-state index is 12.3. The first-order chi connectivity index (χ1) is 11.1. The molecule has 1 aromatic carbocycles. The number of carbonyl (C=O) groups excluding carboxylic acids is 1. The van der Waals surface area contributed by atoms with Crippen molar-refractivity contribution in [3.63, 3.8) is 0 Å². The molecular weight excluding hydrogens is 347 g/mol. The Morgan fingerprint density at radius 1 is 1.21 bits per heavy atom. The zero-order chi connectivity index (χ0) is 18.0. The van der Waals surface area contributed by atoms with E-state index in [9.17, 15) is 26.4 Å². The predicted molar refractivity (Wildman–Crippen MR) is 80.9 cm³/mol. The molecule has 5 nitrogen and oxygen atoms in total. The van der Waals surface area contributed by atoms with Crippen molar-refractivity contribution in [3.05, 3.63) is 29.8 Å². The lowest BCUT2D eigenvalue weighted by Crippen LogP contribution is -2.35. The molecule has 0 saturated heterocycles. The molecule has 1 aliphatic rings. The van der Waals surface area contributed by atoms with Gasteiger partial charge in [0.05, 0.1) is 5.92 Å². The van der Waals surface area contributed by atoms with E-state index in [-0.39, 0.29) is 11.9 Å². The second-order valence-electron chi connectivity index (χ2n) is 5.76. The zero-order valence-corrected chi connectivity index (χ0v) is 13.8. The third-order valence-corrected chi connectivity index (χ3v) is 4.94. The Balaban J connectivity index is 2.01. The van der Waals surface area contributed by atoms with Crippen LogP contribution in [0.1, 0.15) is 44.1 Å². The Labute approximate surface area is 138 Å². The number of amides is 1. The van der Waals surface area contributed by atoms with E-state index in [0.717, 1.165) is 37.8 Å². The first-order valence-corrected chi connectivity index (χ1v) is 8.92. The standard InChI is InChI=1S/C15H18F3NO4S/c1-10(14(20)19-12-4-2-3-5-12)11-6-8-13(9-7-11)23-24(21,22)15(16,17)18/h6-10,12H,2-5H2,1H3,(H,19,20)/t10-/m1/s1. The summed E-state index contributed by atoms with van der Waals surface area (Å²) in [6.45, 7) is 1.67. The maximum Gasteiger partial charge on any atom is 0.534 e. The summed E-state index contributed by atoms with van der Waals surface area (Å²) in [6.07, 6.45) is 4.05. The molecule has 9 heteroatoms. The van der Waals surface area contributed by atoms with Crippen molar-refractivity contribution in [2.75, 3.05) is 0 Å². The van der Waals surface area contributed by atoms with Gasteiger partial charge in [-0.1, -0.05) is 25.0 Å². The van der Waals surface area contributed by atoms with E-state index in [4.69, 9.17) is 0 Å². The van der Waals surface area contributed by atoms with Gasteiger partial charge in [-0.3, -0.25) is 4.79 Å². The summed E-state index contributed by atoms with van der Waals surface area (Å²) in [7, 11) is -5.70. The highest BCUT2D eigenvalue weighted by atomic mass is 32.2. The molecule has 0 radical (unpaired) electrons. The lowest BCUT2D eigenvalue weighted by molar-refractivity contribution is -0.122. The van der Waals surface area contributed by atoms with Crippen molar-refractivity contribution in [1.29, 1.82) is 0 Å². The van der Waals surface area contributed by atoms with E-state index < -0.39 is 27.3 Å². The fourth-order valence-electron chi connectivity index (χ4n) is 2.53. The number of halogens is 3. The normalized spacial score (nSPS) is 17.5. The Hall–Kier alpha value is -1.77. The summed E-state index contributed by atoms with van der Waals surface area (Å²) < 4.78 is 62.7. The van der Waals surface area contributed by atoms with Crippen molar-refractivity contribution in [2.45, 2.75) is 50.1 Å². The lowest BCUT2D eigenvalue weighted by Gasteiger charge is -2.17. The van der Waals surface area contributed by atoms with Crippen molar-refractivity contribution in [1.82, 2.24) is 5.32 Å². The summed E-state index contributed by atoms with van der Waals surface area (Å²) in [4.78, 5) is 12.2. The van der Waals surface area contributed by atoms with E-state index in [1.165, 1.54) is 12.1 Å². The van der Waals surface area contributed by atoms with Gasteiger partial charge in [0.2, 0.25) is 5.91 Å². The lowest BCUT2D eigenvalue weighted by atomic mass is 10.00. The van der Waals surface area contributed by atoms with Gasteiger partial charge in [-0.2, -0.15) is 21.6 Å². The molecule has 134 valence electrons. The molecule has 1 amide bonds. The average Bonchev–Trinajstić information content (AvgIpc) is 2.98. The fourth-order valence-corrected chi connectivity index (χ4v) is 2.99. The second kappa shape index (κ2) is 7.00. The van der Waals surface area contributed by atoms with Crippen LogP contribution in [-0.2, 0) is 14.9 Å². The van der Waals surface area contributed by atoms with E-state index >= 15 is 0 Å². The van der Waals surface area contributed by atoms with Gasteiger partial charge in [-0.05, 0) is 37.5 Å². The highest BCUT2D eigenvalue weighted by molar-refractivity contribution is 7.88. The first kappa shape index (κ1) is 18.6. The number of rotatable bonds is 5. The number of carbonyl (C=O) groups is 1. The third kappa shape index (κ3) is 4.40. The quantitative estimate of drug-likeness (QED) is 0.643. The molecule has 0 bridgehead atoms. The van der Waals surface area contributed by atoms with Gasteiger partial charge in [0.25, 0.3) is 0 Å². The van der Waals surface area contributed by atoms with E-state index in [0.29, 0.717) is 5.56 Å². The van der Waals surface area contributed by atoms with Crippen LogP contribution < -0.4 is 9.50 Å². The molecule has 1 fully saturated rings. The van der Waals surface area contributed by atoms with Crippen LogP contribution in [0, 0.1) is 0 Å². The molecule has 0 spiro atoms. The Bertz CT molecular complexity index is 680. The van der Waals surface area contributed by atoms with Gasteiger partial charge in [0.15, 0.2) is 0 Å². The molecule has 1 aliphatic carbocycles. The second-order valence-corrected chi connectivity index (χ2v) is 7.30. The molecular formula is C15H18F3NO4S. The van der Waals surface area contributed by atoms with Crippen LogP contribution in [0.15, 0.2) is 24.3 Å². The number of alkyl halides is 3. The molecule has 0 heterocycles. The molecule has 2 rings (SSSR count). The third-order valence-electron chi connectivity index (χ3n) is 3.96. The van der Waals surface area contributed by atoms with Crippen LogP contribution in [0.5, 0.6) is 5.75 Å². The molecule has 1 atom stereocenters. The van der Waals surface area contributed by atoms with Gasteiger partial charge in [-0.25, -0.2) is 0 Å². The zero-order valence-electron chi connectivity index (χ0n) is 13.0. The highest BCUT2D eigenvalue weighted by Gasteiger charge is 2.48. The van der Waals surface area contributed by atoms with Crippen LogP contribution in [0.4, 0.5) is 13.2 Å².